The first kappa shape index (κ1) is 41.7. The van der Waals surface area contributed by atoms with Gasteiger partial charge in [0.2, 0.25) is 11.7 Å². The molecule has 364 valence electrons. The highest BCUT2D eigenvalue weighted by atomic mass is 15.2. The third-order valence-corrected chi connectivity index (χ3v) is 17.9. The van der Waals surface area contributed by atoms with Crippen molar-refractivity contribution in [2.24, 2.45) is 0 Å². The van der Waals surface area contributed by atoms with Crippen LogP contribution in [0.1, 0.15) is 17.2 Å². The van der Waals surface area contributed by atoms with E-state index in [0.29, 0.717) is 0 Å². The molecule has 1 atom stereocenters. The van der Waals surface area contributed by atoms with Crippen molar-refractivity contribution in [3.8, 4) is 22.4 Å². The normalized spacial score (nSPS) is 13.7. The molecule has 1 aliphatic carbocycles. The molecule has 12 aromatic carbocycles. The molecule has 0 fully saturated rings. The maximum atomic E-state index is 2.61. The van der Waals surface area contributed by atoms with E-state index in [1.165, 1.54) is 148 Å². The molecule has 5 nitrogen and oxygen atoms in total. The molecule has 0 spiro atoms. The first-order valence-corrected chi connectivity index (χ1v) is 27.5. The van der Waals surface area contributed by atoms with E-state index in [-0.39, 0.29) is 6.04 Å². The molecule has 0 radical (unpaired) electrons. The van der Waals surface area contributed by atoms with Gasteiger partial charge in [0.25, 0.3) is 0 Å². The summed E-state index contributed by atoms with van der Waals surface area (Å²) in [5, 5.41) is 14.7. The van der Waals surface area contributed by atoms with E-state index in [0.717, 1.165) is 17.1 Å². The summed E-state index contributed by atoms with van der Waals surface area (Å²) in [4.78, 5) is 5.19. The SMILES string of the molecule is c1ccc(N(c2ccc3c4c2-c2cccc[n+]2C4c2ccccc2-3)c2c3ccccc3cc3c2c2cccc4c5c(N(c6ccccc6)c6ccc7c8ccccc8n8c9ccccc9c6c78)c6ccccc6cc5n3c24)cc1. The monoisotopic (exact) mass is 1000 g/mol. The van der Waals surface area contributed by atoms with Gasteiger partial charge in [-0.2, -0.15) is 4.57 Å². The van der Waals surface area contributed by atoms with Gasteiger partial charge in [0.15, 0.2) is 6.20 Å². The first-order valence-electron chi connectivity index (χ1n) is 27.5. The summed E-state index contributed by atoms with van der Waals surface area (Å²) < 4.78 is 7.62. The molecule has 0 bridgehead atoms. The Bertz CT molecular complexity index is 5460. The lowest BCUT2D eigenvalue weighted by molar-refractivity contribution is -0.688. The van der Waals surface area contributed by atoms with Crippen LogP contribution in [0.5, 0.6) is 0 Å². The van der Waals surface area contributed by atoms with E-state index in [1.54, 1.807) is 0 Å². The van der Waals surface area contributed by atoms with Crippen molar-refractivity contribution in [2.75, 3.05) is 9.80 Å². The van der Waals surface area contributed by atoms with Crippen LogP contribution in [0, 0.1) is 0 Å². The molecule has 6 heterocycles. The Balaban J connectivity index is 0.954. The summed E-state index contributed by atoms with van der Waals surface area (Å²) in [6.45, 7) is 0. The highest BCUT2D eigenvalue weighted by Gasteiger charge is 2.47. The molecule has 5 aromatic heterocycles. The maximum Gasteiger partial charge on any atom is 0.216 e. The van der Waals surface area contributed by atoms with E-state index >= 15 is 0 Å². The third kappa shape index (κ3) is 5.22. The number of hydrogen-bond acceptors (Lipinski definition) is 2. The van der Waals surface area contributed by atoms with Crippen LogP contribution >= 0.6 is 0 Å². The fourth-order valence-electron chi connectivity index (χ4n) is 15.0. The number of pyridine rings is 1. The number of benzene rings is 12. The van der Waals surface area contributed by atoms with Gasteiger partial charge in [-0.05, 0) is 88.6 Å². The van der Waals surface area contributed by atoms with Crippen LogP contribution in [-0.4, -0.2) is 8.80 Å². The second-order valence-electron chi connectivity index (χ2n) is 21.7. The van der Waals surface area contributed by atoms with Crippen molar-refractivity contribution in [3.05, 3.63) is 272 Å². The highest BCUT2D eigenvalue weighted by Crippen LogP contribution is 2.59. The van der Waals surface area contributed by atoms with Gasteiger partial charge in [-0.15, -0.1) is 0 Å². The lowest BCUT2D eigenvalue weighted by Crippen LogP contribution is -2.37. The molecule has 17 aromatic rings. The van der Waals surface area contributed by atoms with Gasteiger partial charge in [0.1, 0.15) is 0 Å². The summed E-state index contributed by atoms with van der Waals surface area (Å²) in [6.07, 6.45) is 2.28. The molecule has 0 amide bonds. The van der Waals surface area contributed by atoms with Crippen LogP contribution in [0.15, 0.2) is 261 Å². The number of fused-ring (bicyclic) bond motifs is 20. The van der Waals surface area contributed by atoms with Gasteiger partial charge < -0.3 is 18.6 Å². The molecule has 0 saturated heterocycles. The Hall–Kier alpha value is -10.5. The largest absolute Gasteiger partial charge is 0.308 e. The van der Waals surface area contributed by atoms with Crippen LogP contribution in [0.25, 0.3) is 120 Å². The quantitative estimate of drug-likeness (QED) is 0.155. The number of rotatable bonds is 6. The smallest absolute Gasteiger partial charge is 0.216 e. The summed E-state index contributed by atoms with van der Waals surface area (Å²) in [5.74, 6) is 0. The van der Waals surface area contributed by atoms with Crippen LogP contribution in [0.2, 0.25) is 0 Å². The number of anilines is 6. The van der Waals surface area contributed by atoms with E-state index in [9.17, 15) is 0 Å². The van der Waals surface area contributed by atoms with Crippen LogP contribution < -0.4 is 14.4 Å². The zero-order valence-corrected chi connectivity index (χ0v) is 42.6. The van der Waals surface area contributed by atoms with Crippen molar-refractivity contribution in [1.29, 1.82) is 0 Å². The number of aromatic nitrogens is 3. The Labute approximate surface area is 453 Å². The van der Waals surface area contributed by atoms with Crippen molar-refractivity contribution < 1.29 is 4.57 Å². The van der Waals surface area contributed by atoms with Crippen molar-refractivity contribution in [1.82, 2.24) is 8.80 Å². The Morgan fingerprint density at radius 3 is 1.57 bits per heavy atom. The number of hydrogen-bond donors (Lipinski definition) is 0. The number of para-hydroxylation sites is 5. The van der Waals surface area contributed by atoms with Crippen molar-refractivity contribution in [3.63, 3.8) is 0 Å². The lowest BCUT2D eigenvalue weighted by atomic mass is 9.95. The van der Waals surface area contributed by atoms with Gasteiger partial charge in [-0.1, -0.05) is 176 Å². The minimum atomic E-state index is 0.102. The Kier molecular flexibility index (Phi) is 7.99. The average Bonchev–Trinajstić information content (AvgIpc) is 3.69. The molecule has 0 N–H and O–H groups in total. The molecule has 2 aliphatic rings. The van der Waals surface area contributed by atoms with Gasteiger partial charge >= 0.3 is 0 Å². The zero-order chi connectivity index (χ0) is 51.2. The van der Waals surface area contributed by atoms with Crippen molar-refractivity contribution in [2.45, 2.75) is 6.04 Å². The lowest BCUT2D eigenvalue weighted by Gasteiger charge is -2.30. The minimum Gasteiger partial charge on any atom is -0.308 e. The zero-order valence-electron chi connectivity index (χ0n) is 42.6. The second kappa shape index (κ2) is 15.1. The van der Waals surface area contributed by atoms with Crippen LogP contribution in [0.3, 0.4) is 0 Å². The average molecular weight is 1000 g/mol. The van der Waals surface area contributed by atoms with Gasteiger partial charge in [0, 0.05) is 88.5 Å². The molecule has 1 unspecified atom stereocenters. The molecule has 1 aliphatic heterocycles. The summed E-state index contributed by atoms with van der Waals surface area (Å²) >= 11 is 0. The van der Waals surface area contributed by atoms with Gasteiger partial charge in [-0.25, -0.2) is 0 Å². The second-order valence-corrected chi connectivity index (χ2v) is 21.7. The fourth-order valence-corrected chi connectivity index (χ4v) is 15.0. The molecular formula is C74H44N5+. The van der Waals surface area contributed by atoms with Crippen LogP contribution in [-0.2, 0) is 0 Å². The predicted octanol–water partition coefficient (Wildman–Crippen LogP) is 19.1. The summed E-state index contributed by atoms with van der Waals surface area (Å²) in [5.41, 5.74) is 22.1. The molecule has 0 saturated carbocycles. The fraction of sp³-hybridized carbons (Fsp3) is 0.0135. The first-order chi connectivity index (χ1) is 39.3. The summed E-state index contributed by atoms with van der Waals surface area (Å²) in [7, 11) is 0. The minimum absolute atomic E-state index is 0.102. The van der Waals surface area contributed by atoms with Gasteiger partial charge in [0.05, 0.1) is 61.4 Å². The van der Waals surface area contributed by atoms with Gasteiger partial charge in [-0.3, -0.25) is 0 Å². The number of nitrogens with zero attached hydrogens (tertiary/aromatic N) is 5. The van der Waals surface area contributed by atoms with E-state index in [4.69, 9.17) is 0 Å². The Morgan fingerprint density at radius 2 is 0.873 bits per heavy atom. The predicted molar refractivity (Wildman–Crippen MR) is 328 cm³/mol. The standard InChI is InChI=1S/C74H44N5/c1-3-22-46(23-4-1)76(61-40-38-54-51-29-13-15-34-58(51)78-59-35-16-14-31-55(59)65(61)74(54)78)72-48-26-9-7-20-44(48)42-63-66(72)56-32-19-33-57-67-64(79(63)70(56)57)43-45-21-8-10-27-49(45)73(67)77(47-24-5-2-6-25-47)62-39-37-52-50-28-11-12-30-53(50)71-68(52)69(62)60-36-17-18-41-75(60)71/h1-43,71H/q+1. The topological polar surface area (TPSA) is 19.2 Å². The van der Waals surface area contributed by atoms with Crippen molar-refractivity contribution >= 4 is 132 Å². The Morgan fingerprint density at radius 1 is 0.342 bits per heavy atom. The highest BCUT2D eigenvalue weighted by molar-refractivity contribution is 6.35. The molecule has 19 rings (SSSR count). The van der Waals surface area contributed by atoms with E-state index in [2.05, 4.69) is 284 Å². The third-order valence-electron chi connectivity index (χ3n) is 17.9. The van der Waals surface area contributed by atoms with Crippen LogP contribution in [0.4, 0.5) is 34.1 Å². The molecule has 79 heavy (non-hydrogen) atoms. The summed E-state index contributed by atoms with van der Waals surface area (Å²) in [6, 6.07) is 95.5. The molecular weight excluding hydrogens is 959 g/mol. The van der Waals surface area contributed by atoms with E-state index in [1.807, 2.05) is 0 Å². The molecule has 5 heteroatoms. The van der Waals surface area contributed by atoms with E-state index < -0.39 is 0 Å². The maximum absolute atomic E-state index is 2.61.